The van der Waals surface area contributed by atoms with E-state index in [2.05, 4.69) is 25.0 Å². The zero-order valence-corrected chi connectivity index (χ0v) is 17.3. The van der Waals surface area contributed by atoms with Gasteiger partial charge in [0.05, 0.1) is 18.0 Å². The zero-order chi connectivity index (χ0) is 24.6. The maximum Gasteiger partial charge on any atom is 0.434 e. The molecule has 174 valence electrons. The lowest BCUT2D eigenvalue weighted by molar-refractivity contribution is -0.143. The number of hydrogen-bond donors (Lipinski definition) is 2. The lowest BCUT2D eigenvalue weighted by Gasteiger charge is -2.11. The van der Waals surface area contributed by atoms with E-state index in [1.165, 1.54) is 6.07 Å². The molecule has 1 amide bonds. The molecule has 15 heteroatoms. The van der Waals surface area contributed by atoms with E-state index in [0.29, 0.717) is 4.68 Å². The second kappa shape index (κ2) is 8.55. The molecule has 1 aromatic carbocycles. The van der Waals surface area contributed by atoms with Crippen LogP contribution in [0.2, 0.25) is 5.02 Å². The summed E-state index contributed by atoms with van der Waals surface area (Å²) < 4.78 is 62.2. The van der Waals surface area contributed by atoms with Crippen LogP contribution in [0.3, 0.4) is 0 Å². The fourth-order valence-electron chi connectivity index (χ4n) is 2.98. The molecule has 4 N–H and O–H groups in total. The third-order valence-electron chi connectivity index (χ3n) is 4.39. The summed E-state index contributed by atoms with van der Waals surface area (Å²) in [6.45, 7) is 0. The second-order valence-corrected chi connectivity index (χ2v) is 6.95. The van der Waals surface area contributed by atoms with E-state index in [9.17, 15) is 22.4 Å². The molecule has 0 aliphatic rings. The molecule has 0 saturated carbocycles. The first-order valence-electron chi connectivity index (χ1n) is 9.07. The van der Waals surface area contributed by atoms with Gasteiger partial charge in [0.15, 0.2) is 17.3 Å². The van der Waals surface area contributed by atoms with Gasteiger partial charge in [-0.25, -0.2) is 24.0 Å². The van der Waals surface area contributed by atoms with Crippen LogP contribution in [0.1, 0.15) is 16.1 Å². The summed E-state index contributed by atoms with van der Waals surface area (Å²) in [7, 11) is 0. The second-order valence-electron chi connectivity index (χ2n) is 6.57. The predicted molar refractivity (Wildman–Crippen MR) is 110 cm³/mol. The van der Waals surface area contributed by atoms with E-state index in [1.807, 2.05) is 0 Å². The molecular formula is C19H11ClF4N8O2. The normalized spacial score (nSPS) is 11.4. The molecule has 0 saturated heterocycles. The number of nitrogens with two attached hydrogens (primary N) is 2. The highest BCUT2D eigenvalue weighted by Gasteiger charge is 2.42. The van der Waals surface area contributed by atoms with Crippen molar-refractivity contribution < 1.29 is 27.1 Å². The van der Waals surface area contributed by atoms with E-state index < -0.39 is 34.9 Å². The van der Waals surface area contributed by atoms with Crippen molar-refractivity contribution >= 4 is 23.3 Å². The molecule has 0 aliphatic carbocycles. The summed E-state index contributed by atoms with van der Waals surface area (Å²) >= 11 is 5.92. The van der Waals surface area contributed by atoms with Gasteiger partial charge in [-0.2, -0.15) is 23.3 Å². The first kappa shape index (κ1) is 22.8. The number of hydrogen-bond acceptors (Lipinski definition) is 8. The first-order chi connectivity index (χ1) is 16.1. The number of nitrogen functional groups attached to an aromatic ring is 1. The molecular weight excluding hydrogens is 484 g/mol. The number of amides is 1. The number of carbonyl (C=O) groups is 1. The molecule has 4 aromatic rings. The molecule has 4 rings (SSSR count). The Morgan fingerprint density at radius 2 is 1.82 bits per heavy atom. The molecule has 0 radical (unpaired) electrons. The zero-order valence-electron chi connectivity index (χ0n) is 16.6. The topological polar surface area (TPSA) is 148 Å². The molecule has 34 heavy (non-hydrogen) atoms. The Bertz CT molecular complexity index is 1400. The highest BCUT2D eigenvalue weighted by atomic mass is 35.5. The SMILES string of the molecule is NC(=O)c1c(-c2ccc(Oc3ncnc(N)c3Cl)c(F)c2)nn(-c2cncnc2)c1C(F)(F)F. The molecule has 10 nitrogen and oxygen atoms in total. The van der Waals surface area contributed by atoms with E-state index in [-0.39, 0.29) is 33.7 Å². The number of alkyl halides is 3. The summed E-state index contributed by atoms with van der Waals surface area (Å²) in [6, 6.07) is 3.08. The number of benzene rings is 1. The molecule has 0 aliphatic heterocycles. The lowest BCUT2D eigenvalue weighted by atomic mass is 10.0. The first-order valence-corrected chi connectivity index (χ1v) is 9.45. The predicted octanol–water partition coefficient (Wildman–Crippen LogP) is 3.40. The van der Waals surface area contributed by atoms with Crippen LogP contribution < -0.4 is 16.2 Å². The summed E-state index contributed by atoms with van der Waals surface area (Å²) in [5.41, 5.74) is 7.48. The fraction of sp³-hybridized carbons (Fsp3) is 0.0526. The van der Waals surface area contributed by atoms with Crippen molar-refractivity contribution in [3.8, 4) is 28.6 Å². The van der Waals surface area contributed by atoms with Gasteiger partial charge in [0, 0.05) is 5.56 Å². The van der Waals surface area contributed by atoms with Crippen LogP contribution in [-0.4, -0.2) is 35.6 Å². The van der Waals surface area contributed by atoms with Crippen LogP contribution in [-0.2, 0) is 6.18 Å². The average Bonchev–Trinajstić information content (AvgIpc) is 3.20. The molecule has 0 bridgehead atoms. The van der Waals surface area contributed by atoms with Crippen molar-refractivity contribution in [3.05, 3.63) is 65.3 Å². The van der Waals surface area contributed by atoms with Crippen LogP contribution in [0.5, 0.6) is 11.6 Å². The number of nitrogens with zero attached hydrogens (tertiary/aromatic N) is 6. The summed E-state index contributed by atoms with van der Waals surface area (Å²) in [6.07, 6.45) is -0.796. The quantitative estimate of drug-likeness (QED) is 0.401. The Morgan fingerprint density at radius 3 is 2.44 bits per heavy atom. The van der Waals surface area contributed by atoms with Crippen molar-refractivity contribution in [1.29, 1.82) is 0 Å². The Morgan fingerprint density at radius 1 is 1.12 bits per heavy atom. The molecule has 3 aromatic heterocycles. The monoisotopic (exact) mass is 494 g/mol. The Balaban J connectivity index is 1.84. The number of rotatable bonds is 5. The minimum Gasteiger partial charge on any atom is -0.434 e. The van der Waals surface area contributed by atoms with E-state index in [0.717, 1.165) is 37.2 Å². The van der Waals surface area contributed by atoms with Gasteiger partial charge in [-0.3, -0.25) is 4.79 Å². The smallest absolute Gasteiger partial charge is 0.434 e. The van der Waals surface area contributed by atoms with Gasteiger partial charge in [0.1, 0.15) is 34.9 Å². The number of primary amides is 1. The van der Waals surface area contributed by atoms with E-state index in [1.54, 1.807) is 0 Å². The Kier molecular flexibility index (Phi) is 5.75. The van der Waals surface area contributed by atoms with E-state index >= 15 is 0 Å². The number of carbonyl (C=O) groups excluding carboxylic acids is 1. The average molecular weight is 495 g/mol. The molecule has 0 spiro atoms. The lowest BCUT2D eigenvalue weighted by Crippen LogP contribution is -2.21. The van der Waals surface area contributed by atoms with Gasteiger partial charge >= 0.3 is 6.18 Å². The fourth-order valence-corrected chi connectivity index (χ4v) is 3.11. The van der Waals surface area contributed by atoms with Gasteiger partial charge in [0.2, 0.25) is 5.88 Å². The number of halogens is 5. The summed E-state index contributed by atoms with van der Waals surface area (Å²) in [5.74, 6) is -3.17. The minimum absolute atomic E-state index is 0.107. The minimum atomic E-state index is -5.04. The van der Waals surface area contributed by atoms with Crippen LogP contribution in [0.25, 0.3) is 16.9 Å². The van der Waals surface area contributed by atoms with Crippen molar-refractivity contribution in [2.75, 3.05) is 5.73 Å². The molecule has 3 heterocycles. The van der Waals surface area contributed by atoms with Crippen molar-refractivity contribution in [3.63, 3.8) is 0 Å². The maximum absolute atomic E-state index is 14.8. The van der Waals surface area contributed by atoms with Crippen LogP contribution in [0, 0.1) is 5.82 Å². The van der Waals surface area contributed by atoms with Crippen molar-refractivity contribution in [2.24, 2.45) is 5.73 Å². The Labute approximate surface area is 192 Å². The molecule has 0 atom stereocenters. The third kappa shape index (κ3) is 4.17. The summed E-state index contributed by atoms with van der Waals surface area (Å²) in [5, 5.41) is 3.70. The van der Waals surface area contributed by atoms with Crippen LogP contribution in [0.15, 0.2) is 43.2 Å². The van der Waals surface area contributed by atoms with Crippen molar-refractivity contribution in [2.45, 2.75) is 6.18 Å². The van der Waals surface area contributed by atoms with Crippen LogP contribution >= 0.6 is 11.6 Å². The maximum atomic E-state index is 14.8. The highest BCUT2D eigenvalue weighted by Crippen LogP contribution is 2.39. The van der Waals surface area contributed by atoms with Gasteiger partial charge < -0.3 is 16.2 Å². The Hall–Kier alpha value is -4.33. The number of aromatic nitrogens is 6. The largest absolute Gasteiger partial charge is 0.434 e. The molecule has 0 fully saturated rings. The molecule has 0 unspecified atom stereocenters. The standard InChI is InChI=1S/C19H11ClF4N8O2/c20-13-16(25)29-7-30-18(13)34-11-2-1-8(3-10(11)21)14-12(17(26)33)15(19(22,23)24)32(31-14)9-4-27-6-28-5-9/h1-7H,(H2,26,33)(H2,25,29,30). The van der Waals surface area contributed by atoms with Gasteiger partial charge in [-0.1, -0.05) is 11.6 Å². The highest BCUT2D eigenvalue weighted by molar-refractivity contribution is 6.34. The van der Waals surface area contributed by atoms with E-state index in [4.69, 9.17) is 27.8 Å². The number of ether oxygens (including phenoxy) is 1. The van der Waals surface area contributed by atoms with Gasteiger partial charge in [-0.15, -0.1) is 0 Å². The van der Waals surface area contributed by atoms with Crippen LogP contribution in [0.4, 0.5) is 23.4 Å². The van der Waals surface area contributed by atoms with Crippen molar-refractivity contribution in [1.82, 2.24) is 29.7 Å². The van der Waals surface area contributed by atoms with Gasteiger partial charge in [-0.05, 0) is 18.2 Å². The summed E-state index contributed by atoms with van der Waals surface area (Å²) in [4.78, 5) is 26.8. The number of anilines is 1. The third-order valence-corrected chi connectivity index (χ3v) is 4.74. The van der Waals surface area contributed by atoms with Gasteiger partial charge in [0.25, 0.3) is 5.91 Å².